The van der Waals surface area contributed by atoms with E-state index < -0.39 is 6.03 Å². The topological polar surface area (TPSA) is 67.9 Å². The molecule has 0 bridgehead atoms. The van der Waals surface area contributed by atoms with E-state index >= 15 is 0 Å². The van der Waals surface area contributed by atoms with Gasteiger partial charge in [-0.2, -0.15) is 0 Å². The van der Waals surface area contributed by atoms with Gasteiger partial charge in [0.25, 0.3) is 5.91 Å². The van der Waals surface area contributed by atoms with Gasteiger partial charge in [-0.25, -0.2) is 4.79 Å². The molecule has 146 valence electrons. The molecule has 0 saturated carbocycles. The Morgan fingerprint density at radius 3 is 2.50 bits per heavy atom. The van der Waals surface area contributed by atoms with Crippen molar-refractivity contribution in [2.45, 2.75) is 20.5 Å². The van der Waals surface area contributed by atoms with Crippen LogP contribution in [0.2, 0.25) is 0 Å². The Balaban J connectivity index is 1.83. The first-order chi connectivity index (χ1) is 13.4. The van der Waals surface area contributed by atoms with Crippen LogP contribution in [0.1, 0.15) is 23.6 Å². The maximum absolute atomic E-state index is 12.3. The highest BCUT2D eigenvalue weighted by Crippen LogP contribution is 2.35. The lowest BCUT2D eigenvalue weighted by molar-refractivity contribution is -0.122. The first-order valence-electron chi connectivity index (χ1n) is 8.83. The summed E-state index contributed by atoms with van der Waals surface area (Å²) in [6.45, 7) is 4.55. The van der Waals surface area contributed by atoms with Gasteiger partial charge in [-0.15, -0.1) is 0 Å². The second-order valence-corrected chi connectivity index (χ2v) is 7.51. The SMILES string of the molecule is CCN1C(=O)N/C(=C/c2cc(I)c(OCc3ccc(C)cc3)c(OC)c2)C1=O. The number of hydrogen-bond acceptors (Lipinski definition) is 4. The third-order valence-corrected chi connectivity index (χ3v) is 5.15. The second-order valence-electron chi connectivity index (χ2n) is 6.35. The normalized spacial score (nSPS) is 15.1. The molecular weight excluding hydrogens is 471 g/mol. The number of aryl methyl sites for hydroxylation is 1. The van der Waals surface area contributed by atoms with E-state index in [0.717, 1.165) is 19.6 Å². The Hall–Kier alpha value is -2.55. The van der Waals surface area contributed by atoms with Gasteiger partial charge < -0.3 is 14.8 Å². The van der Waals surface area contributed by atoms with Crippen molar-refractivity contribution in [1.29, 1.82) is 0 Å². The lowest BCUT2D eigenvalue weighted by Crippen LogP contribution is -2.30. The van der Waals surface area contributed by atoms with Crippen LogP contribution in [0, 0.1) is 10.5 Å². The number of methoxy groups -OCH3 is 1. The lowest BCUT2D eigenvalue weighted by Gasteiger charge is -2.14. The van der Waals surface area contributed by atoms with Crippen molar-refractivity contribution >= 4 is 40.6 Å². The molecule has 0 spiro atoms. The summed E-state index contributed by atoms with van der Waals surface area (Å²) in [4.78, 5) is 25.2. The fourth-order valence-electron chi connectivity index (χ4n) is 2.83. The van der Waals surface area contributed by atoms with Crippen LogP contribution in [0.25, 0.3) is 6.08 Å². The van der Waals surface area contributed by atoms with Crippen LogP contribution in [0.3, 0.4) is 0 Å². The van der Waals surface area contributed by atoms with E-state index in [1.807, 2.05) is 37.3 Å². The van der Waals surface area contributed by atoms with E-state index in [0.29, 0.717) is 24.7 Å². The van der Waals surface area contributed by atoms with Crippen LogP contribution in [0.15, 0.2) is 42.1 Å². The first-order valence-corrected chi connectivity index (χ1v) is 9.91. The summed E-state index contributed by atoms with van der Waals surface area (Å²) in [7, 11) is 1.57. The van der Waals surface area contributed by atoms with Gasteiger partial charge in [-0.3, -0.25) is 9.69 Å². The van der Waals surface area contributed by atoms with Gasteiger partial charge in [0.1, 0.15) is 12.3 Å². The number of rotatable bonds is 6. The van der Waals surface area contributed by atoms with E-state index in [9.17, 15) is 9.59 Å². The molecule has 1 heterocycles. The number of carbonyl (C=O) groups excluding carboxylic acids is 2. The molecule has 0 aromatic heterocycles. The molecule has 2 aromatic carbocycles. The highest BCUT2D eigenvalue weighted by molar-refractivity contribution is 14.1. The molecular formula is C21H21IN2O4. The number of hydrogen-bond donors (Lipinski definition) is 1. The zero-order valence-electron chi connectivity index (χ0n) is 15.9. The maximum Gasteiger partial charge on any atom is 0.328 e. The third kappa shape index (κ3) is 4.30. The molecule has 0 atom stereocenters. The largest absolute Gasteiger partial charge is 0.493 e. The molecule has 0 radical (unpaired) electrons. The minimum absolute atomic E-state index is 0.248. The zero-order valence-corrected chi connectivity index (χ0v) is 18.1. The van der Waals surface area contributed by atoms with Crippen molar-refractivity contribution in [3.63, 3.8) is 0 Å². The molecule has 2 aromatic rings. The average molecular weight is 492 g/mol. The van der Waals surface area contributed by atoms with E-state index in [1.54, 1.807) is 26.2 Å². The number of ether oxygens (including phenoxy) is 2. The molecule has 7 heteroatoms. The van der Waals surface area contributed by atoms with Crippen LogP contribution in [-0.2, 0) is 11.4 Å². The van der Waals surface area contributed by atoms with Gasteiger partial charge in [0.15, 0.2) is 11.5 Å². The monoisotopic (exact) mass is 492 g/mol. The number of likely N-dealkylation sites (N-methyl/N-ethyl adjacent to an activating group) is 1. The number of amides is 3. The predicted octanol–water partition coefficient (Wildman–Crippen LogP) is 4.10. The second kappa shape index (κ2) is 8.64. The first kappa shape index (κ1) is 20.2. The molecule has 1 aliphatic heterocycles. The predicted molar refractivity (Wildman–Crippen MR) is 115 cm³/mol. The van der Waals surface area contributed by atoms with Crippen molar-refractivity contribution in [3.8, 4) is 11.5 Å². The van der Waals surface area contributed by atoms with Gasteiger partial charge in [-0.1, -0.05) is 29.8 Å². The molecule has 3 rings (SSSR count). The number of carbonyl (C=O) groups is 2. The van der Waals surface area contributed by atoms with Gasteiger partial charge in [0, 0.05) is 6.54 Å². The molecule has 1 saturated heterocycles. The van der Waals surface area contributed by atoms with Crippen LogP contribution >= 0.6 is 22.6 Å². The third-order valence-electron chi connectivity index (χ3n) is 4.35. The number of urea groups is 1. The van der Waals surface area contributed by atoms with Gasteiger partial charge >= 0.3 is 6.03 Å². The van der Waals surface area contributed by atoms with Crippen LogP contribution in [0.5, 0.6) is 11.5 Å². The van der Waals surface area contributed by atoms with E-state index in [4.69, 9.17) is 9.47 Å². The number of nitrogens with one attached hydrogen (secondary N) is 1. The molecule has 6 nitrogen and oxygen atoms in total. The van der Waals surface area contributed by atoms with E-state index in [2.05, 4.69) is 27.9 Å². The molecule has 1 aliphatic rings. The Bertz CT molecular complexity index is 938. The van der Waals surface area contributed by atoms with Crippen LogP contribution in [0.4, 0.5) is 4.79 Å². The van der Waals surface area contributed by atoms with Crippen molar-refractivity contribution in [2.75, 3.05) is 13.7 Å². The minimum Gasteiger partial charge on any atom is -0.493 e. The number of imide groups is 1. The lowest BCUT2D eigenvalue weighted by atomic mass is 10.1. The summed E-state index contributed by atoms with van der Waals surface area (Å²) in [5, 5.41) is 2.60. The molecule has 28 heavy (non-hydrogen) atoms. The van der Waals surface area contributed by atoms with E-state index in [-0.39, 0.29) is 11.6 Å². The smallest absolute Gasteiger partial charge is 0.328 e. The highest BCUT2D eigenvalue weighted by atomic mass is 127. The quantitative estimate of drug-likeness (QED) is 0.375. The molecule has 3 amide bonds. The molecule has 1 N–H and O–H groups in total. The molecule has 0 aliphatic carbocycles. The summed E-state index contributed by atoms with van der Waals surface area (Å²) in [5.41, 5.74) is 3.25. The van der Waals surface area contributed by atoms with Crippen LogP contribution < -0.4 is 14.8 Å². The number of nitrogens with zero attached hydrogens (tertiary/aromatic N) is 1. The Morgan fingerprint density at radius 1 is 1.18 bits per heavy atom. The summed E-state index contributed by atoms with van der Waals surface area (Å²) in [6.07, 6.45) is 1.64. The standard InChI is InChI=1S/C21H21IN2O4/c1-4-24-20(25)17(23-21(24)26)10-15-9-16(22)19(18(11-15)27-3)28-12-14-7-5-13(2)6-8-14/h5-11H,4,12H2,1-3H3,(H,23,26)/b17-10+. The van der Waals surface area contributed by atoms with Crippen molar-refractivity contribution in [1.82, 2.24) is 10.2 Å². The highest BCUT2D eigenvalue weighted by Gasteiger charge is 2.32. The molecule has 1 fully saturated rings. The van der Waals surface area contributed by atoms with Gasteiger partial charge in [0.2, 0.25) is 0 Å². The summed E-state index contributed by atoms with van der Waals surface area (Å²) in [5.74, 6) is 0.874. The van der Waals surface area contributed by atoms with E-state index in [1.165, 1.54) is 5.56 Å². The Morgan fingerprint density at radius 2 is 1.89 bits per heavy atom. The Kier molecular flexibility index (Phi) is 6.23. The summed E-state index contributed by atoms with van der Waals surface area (Å²) < 4.78 is 12.3. The minimum atomic E-state index is -0.404. The number of halogens is 1. The fourth-order valence-corrected chi connectivity index (χ4v) is 3.61. The molecule has 0 unspecified atom stereocenters. The zero-order chi connectivity index (χ0) is 20.3. The number of benzene rings is 2. The van der Waals surface area contributed by atoms with Gasteiger partial charge in [-0.05, 0) is 65.8 Å². The Labute approximate surface area is 177 Å². The van der Waals surface area contributed by atoms with Crippen LogP contribution in [-0.4, -0.2) is 30.5 Å². The fraction of sp³-hybridized carbons (Fsp3) is 0.238. The summed E-state index contributed by atoms with van der Waals surface area (Å²) >= 11 is 2.17. The van der Waals surface area contributed by atoms with Crippen molar-refractivity contribution in [2.24, 2.45) is 0 Å². The average Bonchev–Trinajstić information content (AvgIpc) is 2.94. The van der Waals surface area contributed by atoms with Crippen molar-refractivity contribution < 1.29 is 19.1 Å². The van der Waals surface area contributed by atoms with Gasteiger partial charge in [0.05, 0.1) is 10.7 Å². The van der Waals surface area contributed by atoms with Crippen molar-refractivity contribution in [3.05, 3.63) is 62.4 Å². The summed E-state index contributed by atoms with van der Waals surface area (Å²) in [6, 6.07) is 11.4. The maximum atomic E-state index is 12.3.